The van der Waals surface area contributed by atoms with E-state index in [4.69, 9.17) is 9.47 Å². The number of benzene rings is 2. The Morgan fingerprint density at radius 2 is 1.66 bits per heavy atom. The third kappa shape index (κ3) is 4.89. The highest BCUT2D eigenvalue weighted by molar-refractivity contribution is 7.99. The topological polar surface area (TPSA) is 91.2 Å². The second-order valence-electron chi connectivity index (χ2n) is 6.65. The molecule has 8 nitrogen and oxygen atoms in total. The number of nitrogens with one attached hydrogen (secondary N) is 1. The zero-order chi connectivity index (χ0) is 22.3. The summed E-state index contributed by atoms with van der Waals surface area (Å²) in [5.74, 6) is 2.15. The number of hydrogen-bond donors (Lipinski definition) is 1. The number of nitrogens with zero attached hydrogens (tertiary/aromatic N) is 4. The van der Waals surface area contributed by atoms with Gasteiger partial charge in [0.1, 0.15) is 11.5 Å². The first-order valence-corrected chi connectivity index (χ1v) is 10.7. The molecule has 0 fully saturated rings. The summed E-state index contributed by atoms with van der Waals surface area (Å²) in [7, 11) is 3.22. The van der Waals surface area contributed by atoms with Gasteiger partial charge in [0.15, 0.2) is 11.0 Å². The highest BCUT2D eigenvalue weighted by Crippen LogP contribution is 2.28. The molecule has 0 aliphatic heterocycles. The number of amides is 1. The van der Waals surface area contributed by atoms with E-state index in [-0.39, 0.29) is 11.7 Å². The van der Waals surface area contributed by atoms with Gasteiger partial charge in [-0.3, -0.25) is 14.3 Å². The van der Waals surface area contributed by atoms with Gasteiger partial charge in [-0.25, -0.2) is 0 Å². The van der Waals surface area contributed by atoms with Crippen LogP contribution in [0.3, 0.4) is 0 Å². The van der Waals surface area contributed by atoms with Gasteiger partial charge in [0.2, 0.25) is 5.91 Å². The molecule has 4 aromatic rings. The zero-order valence-electron chi connectivity index (χ0n) is 17.6. The summed E-state index contributed by atoms with van der Waals surface area (Å²) >= 11 is 1.30. The Hall–Kier alpha value is -3.85. The normalized spacial score (nSPS) is 10.6. The minimum absolute atomic E-state index is 0.146. The smallest absolute Gasteiger partial charge is 0.234 e. The van der Waals surface area contributed by atoms with Crippen molar-refractivity contribution in [3.63, 3.8) is 0 Å². The van der Waals surface area contributed by atoms with Crippen molar-refractivity contribution in [2.24, 2.45) is 0 Å². The lowest BCUT2D eigenvalue weighted by Crippen LogP contribution is -2.14. The van der Waals surface area contributed by atoms with E-state index in [0.717, 1.165) is 22.7 Å². The zero-order valence-corrected chi connectivity index (χ0v) is 18.4. The number of pyridine rings is 1. The van der Waals surface area contributed by atoms with E-state index in [9.17, 15) is 4.79 Å². The molecule has 1 N–H and O–H groups in total. The molecule has 162 valence electrons. The second kappa shape index (κ2) is 9.97. The number of thioether (sulfide) groups is 1. The molecule has 0 bridgehead atoms. The summed E-state index contributed by atoms with van der Waals surface area (Å²) in [6.45, 7) is 0. The minimum atomic E-state index is -0.146. The summed E-state index contributed by atoms with van der Waals surface area (Å²) in [4.78, 5) is 16.7. The van der Waals surface area contributed by atoms with Crippen LogP contribution in [0, 0.1) is 0 Å². The van der Waals surface area contributed by atoms with Gasteiger partial charge in [-0.15, -0.1) is 10.2 Å². The number of anilines is 1. The van der Waals surface area contributed by atoms with Crippen LogP contribution in [0.1, 0.15) is 0 Å². The van der Waals surface area contributed by atoms with E-state index in [1.807, 2.05) is 41.0 Å². The first-order chi connectivity index (χ1) is 15.7. The van der Waals surface area contributed by atoms with Crippen molar-refractivity contribution in [2.75, 3.05) is 25.3 Å². The van der Waals surface area contributed by atoms with Crippen molar-refractivity contribution in [3.8, 4) is 28.6 Å². The van der Waals surface area contributed by atoms with Crippen molar-refractivity contribution < 1.29 is 14.3 Å². The molecule has 0 aliphatic carbocycles. The number of carbonyl (C=O) groups excluding carboxylic acids is 1. The number of methoxy groups -OCH3 is 2. The first kappa shape index (κ1) is 21.4. The highest BCUT2D eigenvalue weighted by atomic mass is 32.2. The molecule has 0 aliphatic rings. The van der Waals surface area contributed by atoms with Gasteiger partial charge >= 0.3 is 0 Å². The SMILES string of the molecule is COc1ccc(NC(=O)CSc2nnc(-c3cccnc3)n2-c2ccc(OC)cc2)cc1. The molecule has 0 saturated carbocycles. The lowest BCUT2D eigenvalue weighted by Gasteiger charge is -2.11. The van der Waals surface area contributed by atoms with E-state index in [1.165, 1.54) is 11.8 Å². The van der Waals surface area contributed by atoms with Gasteiger partial charge in [-0.1, -0.05) is 11.8 Å². The van der Waals surface area contributed by atoms with E-state index in [2.05, 4.69) is 20.5 Å². The first-order valence-electron chi connectivity index (χ1n) is 9.75. The van der Waals surface area contributed by atoms with Gasteiger partial charge in [0.25, 0.3) is 0 Å². The highest BCUT2D eigenvalue weighted by Gasteiger charge is 2.17. The molecule has 9 heteroatoms. The number of aromatic nitrogens is 4. The fourth-order valence-corrected chi connectivity index (χ4v) is 3.76. The Labute approximate surface area is 189 Å². The molecular weight excluding hydrogens is 426 g/mol. The summed E-state index contributed by atoms with van der Waals surface area (Å²) in [5, 5.41) is 12.2. The van der Waals surface area contributed by atoms with Gasteiger partial charge in [0, 0.05) is 29.3 Å². The summed E-state index contributed by atoms with van der Waals surface area (Å²) < 4.78 is 12.3. The summed E-state index contributed by atoms with van der Waals surface area (Å²) in [5.41, 5.74) is 2.38. The summed E-state index contributed by atoms with van der Waals surface area (Å²) in [6.07, 6.45) is 3.44. The molecule has 2 heterocycles. The summed E-state index contributed by atoms with van der Waals surface area (Å²) in [6, 6.07) is 18.5. The number of hydrogen-bond acceptors (Lipinski definition) is 7. The largest absolute Gasteiger partial charge is 0.497 e. The van der Waals surface area contributed by atoms with Crippen LogP contribution in [0.5, 0.6) is 11.5 Å². The minimum Gasteiger partial charge on any atom is -0.497 e. The van der Waals surface area contributed by atoms with Crippen LogP contribution in [0.15, 0.2) is 78.2 Å². The van der Waals surface area contributed by atoms with E-state index < -0.39 is 0 Å². The molecule has 0 saturated heterocycles. The Morgan fingerprint density at radius 1 is 0.969 bits per heavy atom. The Balaban J connectivity index is 1.56. The van der Waals surface area contributed by atoms with E-state index >= 15 is 0 Å². The van der Waals surface area contributed by atoms with Crippen LogP contribution in [0.2, 0.25) is 0 Å². The Morgan fingerprint density at radius 3 is 2.28 bits per heavy atom. The van der Waals surface area contributed by atoms with Crippen LogP contribution < -0.4 is 14.8 Å². The monoisotopic (exact) mass is 447 g/mol. The predicted octanol–water partition coefficient (Wildman–Crippen LogP) is 4.08. The number of ether oxygens (including phenoxy) is 2. The molecule has 32 heavy (non-hydrogen) atoms. The number of carbonyl (C=O) groups is 1. The maximum absolute atomic E-state index is 12.5. The van der Waals surface area contributed by atoms with Crippen LogP contribution in [0.25, 0.3) is 17.1 Å². The van der Waals surface area contributed by atoms with Crippen molar-refractivity contribution in [2.45, 2.75) is 5.16 Å². The van der Waals surface area contributed by atoms with Crippen molar-refractivity contribution >= 4 is 23.4 Å². The van der Waals surface area contributed by atoms with Crippen LogP contribution >= 0.6 is 11.8 Å². The fourth-order valence-electron chi connectivity index (χ4n) is 3.01. The van der Waals surface area contributed by atoms with Crippen molar-refractivity contribution in [3.05, 3.63) is 73.1 Å². The third-order valence-electron chi connectivity index (χ3n) is 4.59. The van der Waals surface area contributed by atoms with Gasteiger partial charge in [-0.05, 0) is 60.7 Å². The van der Waals surface area contributed by atoms with E-state index in [0.29, 0.717) is 16.7 Å². The van der Waals surface area contributed by atoms with Crippen molar-refractivity contribution in [1.29, 1.82) is 0 Å². The molecule has 1 amide bonds. The standard InChI is InChI=1S/C23H21N5O3S/c1-30-19-9-5-17(6-10-19)25-21(29)15-32-23-27-26-22(16-4-3-13-24-14-16)28(23)18-7-11-20(31-2)12-8-18/h3-14H,15H2,1-2H3,(H,25,29). The second-order valence-corrected chi connectivity index (χ2v) is 7.59. The lowest BCUT2D eigenvalue weighted by atomic mass is 10.2. The molecule has 0 spiro atoms. The molecule has 2 aromatic heterocycles. The number of rotatable bonds is 8. The lowest BCUT2D eigenvalue weighted by molar-refractivity contribution is -0.113. The van der Waals surface area contributed by atoms with Crippen LogP contribution in [-0.2, 0) is 4.79 Å². The fraction of sp³-hybridized carbons (Fsp3) is 0.130. The molecule has 0 radical (unpaired) electrons. The average Bonchev–Trinajstić information content (AvgIpc) is 3.28. The maximum Gasteiger partial charge on any atom is 0.234 e. The molecule has 0 atom stereocenters. The average molecular weight is 448 g/mol. The van der Waals surface area contributed by atoms with E-state index in [1.54, 1.807) is 50.9 Å². The Kier molecular flexibility index (Phi) is 6.66. The predicted molar refractivity (Wildman–Crippen MR) is 123 cm³/mol. The quantitative estimate of drug-likeness (QED) is 0.407. The third-order valence-corrected chi connectivity index (χ3v) is 5.52. The van der Waals surface area contributed by atoms with Crippen molar-refractivity contribution in [1.82, 2.24) is 19.7 Å². The molecular formula is C23H21N5O3S. The molecule has 2 aromatic carbocycles. The van der Waals surface area contributed by atoms with Crippen LogP contribution in [-0.4, -0.2) is 45.6 Å². The Bertz CT molecular complexity index is 1180. The molecule has 4 rings (SSSR count). The molecule has 0 unspecified atom stereocenters. The van der Waals surface area contributed by atoms with Crippen LogP contribution in [0.4, 0.5) is 5.69 Å². The van der Waals surface area contributed by atoms with Gasteiger partial charge in [0.05, 0.1) is 20.0 Å². The maximum atomic E-state index is 12.5. The van der Waals surface area contributed by atoms with Gasteiger partial charge < -0.3 is 14.8 Å². The van der Waals surface area contributed by atoms with Gasteiger partial charge in [-0.2, -0.15) is 0 Å².